The van der Waals surface area contributed by atoms with Gasteiger partial charge in [-0.1, -0.05) is 12.1 Å². The summed E-state index contributed by atoms with van der Waals surface area (Å²) >= 11 is 0. The third-order valence-electron chi connectivity index (χ3n) is 3.97. The fourth-order valence-electron chi connectivity index (χ4n) is 2.56. The number of ether oxygens (including phenoxy) is 1. The van der Waals surface area contributed by atoms with Gasteiger partial charge in [-0.05, 0) is 36.5 Å². The van der Waals surface area contributed by atoms with Gasteiger partial charge < -0.3 is 10.1 Å². The first-order valence-corrected chi connectivity index (χ1v) is 6.93. The SMILES string of the molecule is COc1ccc(CN(CC2CNC2)C2CC2)cc1. The predicted octanol–water partition coefficient (Wildman–Crippen LogP) is 1.88. The van der Waals surface area contributed by atoms with E-state index < -0.39 is 0 Å². The summed E-state index contributed by atoms with van der Waals surface area (Å²) in [4.78, 5) is 2.66. The summed E-state index contributed by atoms with van der Waals surface area (Å²) in [6, 6.07) is 9.34. The quantitative estimate of drug-likeness (QED) is 0.829. The van der Waals surface area contributed by atoms with Crippen molar-refractivity contribution >= 4 is 0 Å². The average molecular weight is 246 g/mol. The van der Waals surface area contributed by atoms with Crippen LogP contribution in [0.4, 0.5) is 0 Å². The predicted molar refractivity (Wildman–Crippen MR) is 72.8 cm³/mol. The topological polar surface area (TPSA) is 24.5 Å². The van der Waals surface area contributed by atoms with Crippen molar-refractivity contribution in [3.63, 3.8) is 0 Å². The molecule has 3 heteroatoms. The summed E-state index contributed by atoms with van der Waals surface area (Å²) < 4.78 is 5.20. The van der Waals surface area contributed by atoms with Crippen LogP contribution in [0.2, 0.25) is 0 Å². The molecule has 0 aromatic heterocycles. The number of hydrogen-bond acceptors (Lipinski definition) is 3. The molecule has 0 spiro atoms. The maximum atomic E-state index is 5.20. The molecule has 3 nitrogen and oxygen atoms in total. The van der Waals surface area contributed by atoms with E-state index in [1.165, 1.54) is 38.0 Å². The number of nitrogens with zero attached hydrogens (tertiary/aromatic N) is 1. The van der Waals surface area contributed by atoms with Crippen molar-refractivity contribution in [1.29, 1.82) is 0 Å². The Balaban J connectivity index is 1.59. The van der Waals surface area contributed by atoms with Crippen LogP contribution in [0.25, 0.3) is 0 Å². The Kier molecular flexibility index (Phi) is 3.52. The van der Waals surface area contributed by atoms with Gasteiger partial charge >= 0.3 is 0 Å². The highest BCUT2D eigenvalue weighted by Gasteiger charge is 2.31. The third kappa shape index (κ3) is 2.85. The number of methoxy groups -OCH3 is 1. The van der Waals surface area contributed by atoms with E-state index in [9.17, 15) is 0 Å². The van der Waals surface area contributed by atoms with Crippen molar-refractivity contribution in [3.05, 3.63) is 29.8 Å². The van der Waals surface area contributed by atoms with Gasteiger partial charge in [0, 0.05) is 32.2 Å². The second kappa shape index (κ2) is 5.29. The number of nitrogens with one attached hydrogen (secondary N) is 1. The van der Waals surface area contributed by atoms with Crippen LogP contribution < -0.4 is 10.1 Å². The number of hydrogen-bond donors (Lipinski definition) is 1. The molecule has 1 saturated carbocycles. The molecule has 3 rings (SSSR count). The molecule has 0 radical (unpaired) electrons. The lowest BCUT2D eigenvalue weighted by molar-refractivity contribution is 0.178. The molecule has 1 N–H and O–H groups in total. The third-order valence-corrected chi connectivity index (χ3v) is 3.97. The molecule has 0 unspecified atom stereocenters. The van der Waals surface area contributed by atoms with Gasteiger partial charge in [-0.2, -0.15) is 0 Å². The largest absolute Gasteiger partial charge is 0.497 e. The van der Waals surface area contributed by atoms with E-state index in [-0.39, 0.29) is 0 Å². The Hall–Kier alpha value is -1.06. The maximum absolute atomic E-state index is 5.20. The van der Waals surface area contributed by atoms with Gasteiger partial charge in [-0.3, -0.25) is 4.90 Å². The summed E-state index contributed by atoms with van der Waals surface area (Å²) in [5.74, 6) is 1.81. The highest BCUT2D eigenvalue weighted by atomic mass is 16.5. The van der Waals surface area contributed by atoms with Crippen molar-refractivity contribution < 1.29 is 4.74 Å². The van der Waals surface area contributed by atoms with Crippen LogP contribution in [0.3, 0.4) is 0 Å². The lowest BCUT2D eigenvalue weighted by Gasteiger charge is -2.33. The maximum Gasteiger partial charge on any atom is 0.118 e. The van der Waals surface area contributed by atoms with Crippen LogP contribution in [0.15, 0.2) is 24.3 Å². The minimum Gasteiger partial charge on any atom is -0.497 e. The molecule has 1 aromatic carbocycles. The van der Waals surface area contributed by atoms with Crippen LogP contribution in [0.1, 0.15) is 18.4 Å². The van der Waals surface area contributed by atoms with Gasteiger partial charge in [0.2, 0.25) is 0 Å². The molecule has 1 aliphatic heterocycles. The van der Waals surface area contributed by atoms with Crippen LogP contribution in [0, 0.1) is 5.92 Å². The van der Waals surface area contributed by atoms with E-state index in [1.54, 1.807) is 7.11 Å². The summed E-state index contributed by atoms with van der Waals surface area (Å²) in [6.07, 6.45) is 2.77. The number of rotatable bonds is 6. The Labute approximate surface area is 109 Å². The first-order valence-electron chi connectivity index (χ1n) is 6.93. The standard InChI is InChI=1S/C15H22N2O/c1-18-15-6-2-12(3-7-15)10-17(14-4-5-14)11-13-8-16-9-13/h2-3,6-7,13-14,16H,4-5,8-11H2,1H3. The van der Waals surface area contributed by atoms with Gasteiger partial charge in [0.1, 0.15) is 5.75 Å². The molecule has 98 valence electrons. The zero-order chi connectivity index (χ0) is 12.4. The molecule has 1 aliphatic carbocycles. The molecule has 0 bridgehead atoms. The van der Waals surface area contributed by atoms with Crippen LogP contribution in [0.5, 0.6) is 5.75 Å². The zero-order valence-corrected chi connectivity index (χ0v) is 11.1. The molecule has 2 aliphatic rings. The summed E-state index contributed by atoms with van der Waals surface area (Å²) in [5.41, 5.74) is 1.40. The van der Waals surface area contributed by atoms with Crippen molar-refractivity contribution in [3.8, 4) is 5.75 Å². The fraction of sp³-hybridized carbons (Fsp3) is 0.600. The first-order chi connectivity index (χ1) is 8.85. The summed E-state index contributed by atoms with van der Waals surface area (Å²) in [7, 11) is 1.72. The Morgan fingerprint density at radius 2 is 1.94 bits per heavy atom. The summed E-state index contributed by atoms with van der Waals surface area (Å²) in [5, 5.41) is 3.36. The molecule has 1 heterocycles. The van der Waals surface area contributed by atoms with E-state index >= 15 is 0 Å². The van der Waals surface area contributed by atoms with Gasteiger partial charge in [0.25, 0.3) is 0 Å². The molecule has 0 amide bonds. The normalized spacial score (nSPS) is 19.9. The Morgan fingerprint density at radius 3 is 2.44 bits per heavy atom. The molecule has 18 heavy (non-hydrogen) atoms. The molecular formula is C15H22N2O. The van der Waals surface area contributed by atoms with Gasteiger partial charge in [0.05, 0.1) is 7.11 Å². The lowest BCUT2D eigenvalue weighted by atomic mass is 10.0. The van der Waals surface area contributed by atoms with Crippen molar-refractivity contribution in [2.45, 2.75) is 25.4 Å². The first kappa shape index (κ1) is 12.0. The lowest BCUT2D eigenvalue weighted by Crippen LogP contribution is -2.48. The zero-order valence-electron chi connectivity index (χ0n) is 11.1. The molecule has 2 fully saturated rings. The smallest absolute Gasteiger partial charge is 0.118 e. The second-order valence-electron chi connectivity index (χ2n) is 5.53. The van der Waals surface area contributed by atoms with E-state index in [2.05, 4.69) is 34.5 Å². The average Bonchev–Trinajstić information content (AvgIpc) is 3.17. The van der Waals surface area contributed by atoms with Gasteiger partial charge in [-0.15, -0.1) is 0 Å². The van der Waals surface area contributed by atoms with Crippen molar-refractivity contribution in [2.24, 2.45) is 5.92 Å². The van der Waals surface area contributed by atoms with E-state index in [4.69, 9.17) is 4.74 Å². The van der Waals surface area contributed by atoms with E-state index in [1.807, 2.05) is 0 Å². The summed E-state index contributed by atoms with van der Waals surface area (Å²) in [6.45, 7) is 4.74. The highest BCUT2D eigenvalue weighted by molar-refractivity contribution is 5.27. The van der Waals surface area contributed by atoms with Crippen LogP contribution >= 0.6 is 0 Å². The minimum absolute atomic E-state index is 0.840. The van der Waals surface area contributed by atoms with Crippen LogP contribution in [-0.4, -0.2) is 37.7 Å². The molecule has 1 aromatic rings. The second-order valence-corrected chi connectivity index (χ2v) is 5.53. The van der Waals surface area contributed by atoms with E-state index in [0.29, 0.717) is 0 Å². The van der Waals surface area contributed by atoms with Gasteiger partial charge in [-0.25, -0.2) is 0 Å². The Morgan fingerprint density at radius 1 is 1.22 bits per heavy atom. The molecule has 1 saturated heterocycles. The van der Waals surface area contributed by atoms with Crippen molar-refractivity contribution in [2.75, 3.05) is 26.7 Å². The van der Waals surface area contributed by atoms with Crippen LogP contribution in [-0.2, 0) is 6.54 Å². The van der Waals surface area contributed by atoms with Crippen molar-refractivity contribution in [1.82, 2.24) is 10.2 Å². The van der Waals surface area contributed by atoms with Gasteiger partial charge in [0.15, 0.2) is 0 Å². The Bertz CT molecular complexity index is 382. The molecular weight excluding hydrogens is 224 g/mol. The molecule has 0 atom stereocenters. The fourth-order valence-corrected chi connectivity index (χ4v) is 2.56. The monoisotopic (exact) mass is 246 g/mol. The minimum atomic E-state index is 0.840. The number of benzene rings is 1. The highest BCUT2D eigenvalue weighted by Crippen LogP contribution is 2.29. The van der Waals surface area contributed by atoms with E-state index in [0.717, 1.165) is 24.3 Å².